The maximum absolute atomic E-state index is 12.2. The van der Waals surface area contributed by atoms with Gasteiger partial charge in [0.25, 0.3) is 0 Å². The lowest BCUT2D eigenvalue weighted by Gasteiger charge is -2.15. The van der Waals surface area contributed by atoms with Gasteiger partial charge in [-0.3, -0.25) is 14.4 Å². The van der Waals surface area contributed by atoms with Gasteiger partial charge in [0.05, 0.1) is 13.0 Å². The minimum atomic E-state index is -0.873. The van der Waals surface area contributed by atoms with Crippen molar-refractivity contribution < 1.29 is 24.2 Å². The highest BCUT2D eigenvalue weighted by molar-refractivity contribution is 5.98. The summed E-state index contributed by atoms with van der Waals surface area (Å²) in [5.74, 6) is -1.05. The van der Waals surface area contributed by atoms with Crippen molar-refractivity contribution >= 4 is 17.7 Å². The number of ether oxygens (including phenoxy) is 1. The van der Waals surface area contributed by atoms with Gasteiger partial charge in [0, 0.05) is 31.5 Å². The van der Waals surface area contributed by atoms with Crippen LogP contribution in [-0.4, -0.2) is 47.9 Å². The maximum Gasteiger partial charge on any atom is 0.308 e. The van der Waals surface area contributed by atoms with E-state index in [2.05, 4.69) is 0 Å². The molecule has 1 saturated heterocycles. The molecular weight excluding hydrogens is 298 g/mol. The number of amides is 1. The average molecular weight is 319 g/mol. The average Bonchev–Trinajstić information content (AvgIpc) is 2.94. The Bertz CT molecular complexity index is 596. The summed E-state index contributed by atoms with van der Waals surface area (Å²) in [5.41, 5.74) is 0.539. The number of methoxy groups -OCH3 is 1. The molecule has 1 aliphatic rings. The fourth-order valence-corrected chi connectivity index (χ4v) is 2.79. The Morgan fingerprint density at radius 2 is 1.83 bits per heavy atom. The molecule has 1 fully saturated rings. The fraction of sp³-hybridized carbons (Fsp3) is 0.471. The Hall–Kier alpha value is -2.37. The number of hydrogen-bond acceptors (Lipinski definition) is 4. The van der Waals surface area contributed by atoms with Gasteiger partial charge in [-0.2, -0.15) is 0 Å². The van der Waals surface area contributed by atoms with Crippen molar-refractivity contribution in [3.8, 4) is 5.75 Å². The van der Waals surface area contributed by atoms with Crippen molar-refractivity contribution in [3.63, 3.8) is 0 Å². The zero-order valence-corrected chi connectivity index (χ0v) is 13.3. The van der Waals surface area contributed by atoms with Gasteiger partial charge in [0.2, 0.25) is 5.91 Å². The van der Waals surface area contributed by atoms with Crippen LogP contribution in [0.25, 0.3) is 0 Å². The molecule has 2 rings (SSSR count). The maximum atomic E-state index is 12.2. The number of Topliss-reactive ketones (excluding diaryl/α,β-unsaturated/α-hetero) is 1. The number of rotatable bonds is 6. The molecule has 0 aliphatic carbocycles. The molecule has 1 amide bonds. The van der Waals surface area contributed by atoms with Gasteiger partial charge in [-0.15, -0.1) is 0 Å². The summed E-state index contributed by atoms with van der Waals surface area (Å²) in [6.07, 6.45) is 0.220. The Balaban J connectivity index is 1.86. The van der Waals surface area contributed by atoms with Gasteiger partial charge in [-0.1, -0.05) is 6.92 Å². The third kappa shape index (κ3) is 4.09. The normalized spacial score (nSPS) is 20.3. The largest absolute Gasteiger partial charge is 0.497 e. The summed E-state index contributed by atoms with van der Waals surface area (Å²) >= 11 is 0. The first-order valence-corrected chi connectivity index (χ1v) is 7.60. The number of ketones is 1. The summed E-state index contributed by atoms with van der Waals surface area (Å²) in [4.78, 5) is 36.9. The number of aliphatic carboxylic acids is 1. The van der Waals surface area contributed by atoms with Crippen molar-refractivity contribution in [2.45, 2.75) is 19.8 Å². The second-order valence-electron chi connectivity index (χ2n) is 5.87. The summed E-state index contributed by atoms with van der Waals surface area (Å²) in [5, 5.41) is 9.09. The molecular formula is C17H21NO5. The third-order valence-corrected chi connectivity index (χ3v) is 4.26. The Labute approximate surface area is 135 Å². The standard InChI is InChI=1S/C17H21NO5/c1-11-9-18(10-14(11)17(21)22)16(20)8-7-15(19)12-3-5-13(23-2)6-4-12/h3-6,11,14H,7-10H2,1-2H3,(H,21,22)/t11-,14-/m1/s1. The van der Waals surface area contributed by atoms with Crippen LogP contribution >= 0.6 is 0 Å². The van der Waals surface area contributed by atoms with Crippen molar-refractivity contribution in [2.24, 2.45) is 11.8 Å². The number of carboxylic acid groups (broad SMARTS) is 1. The zero-order valence-electron chi connectivity index (χ0n) is 13.3. The molecule has 1 heterocycles. The van der Waals surface area contributed by atoms with Crippen LogP contribution in [0.1, 0.15) is 30.1 Å². The highest BCUT2D eigenvalue weighted by Crippen LogP contribution is 2.24. The van der Waals surface area contributed by atoms with E-state index in [9.17, 15) is 14.4 Å². The van der Waals surface area contributed by atoms with E-state index in [0.29, 0.717) is 17.9 Å². The van der Waals surface area contributed by atoms with E-state index in [0.717, 1.165) is 0 Å². The van der Waals surface area contributed by atoms with Crippen LogP contribution in [0.5, 0.6) is 5.75 Å². The van der Waals surface area contributed by atoms with E-state index in [1.807, 2.05) is 6.92 Å². The van der Waals surface area contributed by atoms with E-state index < -0.39 is 11.9 Å². The molecule has 1 aliphatic heterocycles. The van der Waals surface area contributed by atoms with Crippen LogP contribution in [0, 0.1) is 11.8 Å². The fourth-order valence-electron chi connectivity index (χ4n) is 2.79. The number of carbonyl (C=O) groups excluding carboxylic acids is 2. The van der Waals surface area contributed by atoms with E-state index in [1.165, 1.54) is 0 Å². The molecule has 6 heteroatoms. The number of carbonyl (C=O) groups is 3. The predicted molar refractivity (Wildman–Crippen MR) is 83.4 cm³/mol. The molecule has 1 aromatic carbocycles. The third-order valence-electron chi connectivity index (χ3n) is 4.26. The SMILES string of the molecule is COc1ccc(C(=O)CCC(=O)N2C[C@@H](C)[C@H](C(=O)O)C2)cc1. The second kappa shape index (κ2) is 7.26. The number of likely N-dealkylation sites (tertiary alicyclic amines) is 1. The first-order valence-electron chi connectivity index (χ1n) is 7.60. The summed E-state index contributed by atoms with van der Waals surface area (Å²) in [7, 11) is 1.55. The minimum absolute atomic E-state index is 0.0614. The smallest absolute Gasteiger partial charge is 0.308 e. The Morgan fingerprint density at radius 3 is 2.35 bits per heavy atom. The molecule has 2 atom stereocenters. The van der Waals surface area contributed by atoms with Crippen molar-refractivity contribution in [3.05, 3.63) is 29.8 Å². The van der Waals surface area contributed by atoms with Gasteiger partial charge in [0.15, 0.2) is 5.78 Å². The van der Waals surface area contributed by atoms with Gasteiger partial charge in [-0.05, 0) is 30.2 Å². The predicted octanol–water partition coefficient (Wildman–Crippen LogP) is 1.84. The lowest BCUT2D eigenvalue weighted by atomic mass is 9.99. The molecule has 1 aromatic rings. The monoisotopic (exact) mass is 319 g/mol. The molecule has 0 unspecified atom stereocenters. The van der Waals surface area contributed by atoms with Gasteiger partial charge >= 0.3 is 5.97 Å². The van der Waals surface area contributed by atoms with Crippen LogP contribution < -0.4 is 4.74 Å². The molecule has 0 radical (unpaired) electrons. The first-order chi connectivity index (χ1) is 10.9. The lowest BCUT2D eigenvalue weighted by molar-refractivity contribution is -0.142. The molecule has 0 saturated carbocycles. The van der Waals surface area contributed by atoms with Gasteiger partial charge < -0.3 is 14.7 Å². The molecule has 0 bridgehead atoms. The topological polar surface area (TPSA) is 83.9 Å². The van der Waals surface area contributed by atoms with Crippen molar-refractivity contribution in [1.29, 1.82) is 0 Å². The zero-order chi connectivity index (χ0) is 17.0. The number of hydrogen-bond donors (Lipinski definition) is 1. The van der Waals surface area contributed by atoms with E-state index in [4.69, 9.17) is 9.84 Å². The molecule has 0 aromatic heterocycles. The number of benzene rings is 1. The highest BCUT2D eigenvalue weighted by atomic mass is 16.5. The van der Waals surface area contributed by atoms with Gasteiger partial charge in [-0.25, -0.2) is 0 Å². The minimum Gasteiger partial charge on any atom is -0.497 e. The molecule has 1 N–H and O–H groups in total. The summed E-state index contributed by atoms with van der Waals surface area (Å²) < 4.78 is 5.03. The van der Waals surface area contributed by atoms with Crippen LogP contribution in [-0.2, 0) is 9.59 Å². The molecule has 6 nitrogen and oxygen atoms in total. The van der Waals surface area contributed by atoms with E-state index in [-0.39, 0.29) is 37.0 Å². The van der Waals surface area contributed by atoms with Crippen molar-refractivity contribution in [2.75, 3.05) is 20.2 Å². The number of nitrogens with zero attached hydrogens (tertiary/aromatic N) is 1. The molecule has 0 spiro atoms. The van der Waals surface area contributed by atoms with Crippen LogP contribution in [0.3, 0.4) is 0 Å². The Kier molecular flexibility index (Phi) is 5.36. The van der Waals surface area contributed by atoms with Crippen LogP contribution in [0.2, 0.25) is 0 Å². The molecule has 23 heavy (non-hydrogen) atoms. The summed E-state index contributed by atoms with van der Waals surface area (Å²) in [6.45, 7) is 2.49. The number of carboxylic acids is 1. The van der Waals surface area contributed by atoms with Crippen LogP contribution in [0.4, 0.5) is 0 Å². The van der Waals surface area contributed by atoms with Gasteiger partial charge in [0.1, 0.15) is 5.75 Å². The van der Waals surface area contributed by atoms with E-state index >= 15 is 0 Å². The molecule has 124 valence electrons. The second-order valence-corrected chi connectivity index (χ2v) is 5.87. The van der Waals surface area contributed by atoms with E-state index in [1.54, 1.807) is 36.3 Å². The first kappa shape index (κ1) is 17.0. The highest BCUT2D eigenvalue weighted by Gasteiger charge is 2.36. The van der Waals surface area contributed by atoms with Crippen LogP contribution in [0.15, 0.2) is 24.3 Å². The quantitative estimate of drug-likeness (QED) is 0.809. The van der Waals surface area contributed by atoms with Crippen molar-refractivity contribution in [1.82, 2.24) is 4.90 Å². The lowest BCUT2D eigenvalue weighted by Crippen LogP contribution is -2.30. The summed E-state index contributed by atoms with van der Waals surface area (Å²) in [6, 6.07) is 6.75. The Morgan fingerprint density at radius 1 is 1.17 bits per heavy atom.